The van der Waals surface area contributed by atoms with E-state index in [0.29, 0.717) is 21.8 Å². The number of nitro benzene ring substituents is 3. The van der Waals surface area contributed by atoms with Crippen LogP contribution in [-0.2, 0) is 31.9 Å². The summed E-state index contributed by atoms with van der Waals surface area (Å²) in [4.78, 5) is 25.8. The molecule has 1 rings (SSSR count). The van der Waals surface area contributed by atoms with E-state index in [-0.39, 0.29) is 12.1 Å². The molecule has 170 valence electrons. The molecular weight excluding hydrogens is 462 g/mol. The Morgan fingerprint density at radius 2 is 1.37 bits per heavy atom. The quantitative estimate of drug-likeness (QED) is 0.218. The van der Waals surface area contributed by atoms with Crippen molar-refractivity contribution in [3.05, 3.63) is 42.5 Å². The van der Waals surface area contributed by atoms with Crippen molar-refractivity contribution in [1.82, 2.24) is 0 Å². The van der Waals surface area contributed by atoms with Gasteiger partial charge in [0.15, 0.2) is 11.0 Å². The van der Waals surface area contributed by atoms with Crippen LogP contribution in [0.5, 0.6) is 0 Å². The summed E-state index contributed by atoms with van der Waals surface area (Å²) in [6, 6.07) is 0.329. The van der Waals surface area contributed by atoms with E-state index in [1.54, 1.807) is 0 Å². The van der Waals surface area contributed by atoms with Crippen LogP contribution in [0.3, 0.4) is 0 Å². The van der Waals surface area contributed by atoms with Crippen molar-refractivity contribution < 1.29 is 27.7 Å². The average molecular weight is 487 g/mol. The Labute approximate surface area is 179 Å². The van der Waals surface area contributed by atoms with Crippen LogP contribution in [0.25, 0.3) is 0 Å². The molecule has 1 unspecified atom stereocenters. The molecule has 0 spiro atoms. The molecule has 0 aliphatic heterocycles. The molecule has 1 atom stereocenters. The third-order valence-electron chi connectivity index (χ3n) is 3.69. The summed E-state index contributed by atoms with van der Waals surface area (Å²) < 4.78 is 32.5. The first kappa shape index (κ1) is 28.0. The second-order valence-electron chi connectivity index (χ2n) is 6.48. The van der Waals surface area contributed by atoms with Crippen molar-refractivity contribution in [1.29, 1.82) is 0 Å². The standard InChI is InChI=1S/C9H22S2.C6H3N3O9S/c1-6-7-9(11(4)5)8-10(2)3;10-7(11)3-1-4(8(12)13)6(19(16,17)18)5(2-3)9(14)15/h9H,6-8H2,1-5H3;1-2H,(H,16,17,18)/q+2;/p-1. The van der Waals surface area contributed by atoms with Crippen LogP contribution in [0, 0.1) is 30.3 Å². The van der Waals surface area contributed by atoms with E-state index in [0.717, 1.165) is 5.25 Å². The number of benzene rings is 1. The number of nitrogens with zero attached hydrogens (tertiary/aromatic N) is 3. The molecule has 0 aromatic heterocycles. The summed E-state index contributed by atoms with van der Waals surface area (Å²) in [6.07, 6.45) is 12.3. The van der Waals surface area contributed by atoms with Gasteiger partial charge in [0.05, 0.1) is 51.9 Å². The summed E-state index contributed by atoms with van der Waals surface area (Å²) in [5, 5.41) is 32.6. The molecule has 0 aliphatic carbocycles. The Morgan fingerprint density at radius 3 is 1.60 bits per heavy atom. The number of non-ortho nitro benzene ring substituents is 1. The second kappa shape index (κ2) is 12.0. The van der Waals surface area contributed by atoms with E-state index in [4.69, 9.17) is 0 Å². The zero-order chi connectivity index (χ0) is 23.8. The van der Waals surface area contributed by atoms with Crippen LogP contribution < -0.4 is 0 Å². The van der Waals surface area contributed by atoms with E-state index >= 15 is 0 Å². The summed E-state index contributed by atoms with van der Waals surface area (Å²) in [7, 11) is -4.28. The normalized spacial score (nSPS) is 12.3. The molecule has 0 radical (unpaired) electrons. The van der Waals surface area contributed by atoms with E-state index in [2.05, 4.69) is 31.9 Å². The van der Waals surface area contributed by atoms with Gasteiger partial charge >= 0.3 is 11.4 Å². The predicted octanol–water partition coefficient (Wildman–Crippen LogP) is 2.23. The van der Waals surface area contributed by atoms with E-state index in [1.807, 2.05) is 0 Å². The molecule has 0 N–H and O–H groups in total. The molecule has 0 saturated carbocycles. The molecule has 1 aromatic rings. The number of hydrogen-bond donors (Lipinski definition) is 0. The van der Waals surface area contributed by atoms with E-state index in [9.17, 15) is 43.3 Å². The zero-order valence-corrected chi connectivity index (χ0v) is 19.5. The molecule has 0 heterocycles. The van der Waals surface area contributed by atoms with Crippen molar-refractivity contribution in [2.45, 2.75) is 29.9 Å². The first-order valence-corrected chi connectivity index (χ1v) is 14.0. The number of hydrogen-bond acceptors (Lipinski definition) is 9. The van der Waals surface area contributed by atoms with Crippen LogP contribution in [0.2, 0.25) is 0 Å². The van der Waals surface area contributed by atoms with E-state index < -0.39 is 46.8 Å². The van der Waals surface area contributed by atoms with Gasteiger partial charge in [0.2, 0.25) is 4.90 Å². The van der Waals surface area contributed by atoms with Gasteiger partial charge in [-0.15, -0.1) is 0 Å². The maximum Gasteiger partial charge on any atom is 0.300 e. The van der Waals surface area contributed by atoms with Gasteiger partial charge < -0.3 is 4.55 Å². The fourth-order valence-electron chi connectivity index (χ4n) is 2.37. The molecule has 15 heteroatoms. The van der Waals surface area contributed by atoms with Crippen molar-refractivity contribution in [2.75, 3.05) is 30.8 Å². The molecule has 0 amide bonds. The van der Waals surface area contributed by atoms with Crippen LogP contribution in [-0.4, -0.2) is 63.8 Å². The van der Waals surface area contributed by atoms with Gasteiger partial charge in [-0.05, 0) is 28.2 Å². The van der Waals surface area contributed by atoms with Crippen LogP contribution in [0.4, 0.5) is 17.1 Å². The molecule has 1 aromatic carbocycles. The highest BCUT2D eigenvalue weighted by Gasteiger charge is 2.34. The largest absolute Gasteiger partial charge is 0.744 e. The van der Waals surface area contributed by atoms with Crippen LogP contribution in [0.1, 0.15) is 19.8 Å². The van der Waals surface area contributed by atoms with E-state index in [1.165, 1.54) is 18.6 Å². The number of rotatable bonds is 9. The minimum atomic E-state index is -5.55. The number of nitro groups is 3. The van der Waals surface area contributed by atoms with Gasteiger partial charge in [-0.3, -0.25) is 30.3 Å². The summed E-state index contributed by atoms with van der Waals surface area (Å²) in [5.74, 6) is 1.45. The molecule has 30 heavy (non-hydrogen) atoms. The van der Waals surface area contributed by atoms with Crippen molar-refractivity contribution in [2.24, 2.45) is 0 Å². The van der Waals surface area contributed by atoms with Crippen molar-refractivity contribution in [3.8, 4) is 0 Å². The van der Waals surface area contributed by atoms with Gasteiger partial charge in [-0.2, -0.15) is 0 Å². The van der Waals surface area contributed by atoms with Gasteiger partial charge in [0.1, 0.15) is 10.1 Å². The zero-order valence-electron chi connectivity index (χ0n) is 17.1. The molecule has 0 bridgehead atoms. The molecule has 12 nitrogen and oxygen atoms in total. The smallest absolute Gasteiger partial charge is 0.300 e. The lowest BCUT2D eigenvalue weighted by atomic mass is 10.2. The molecule has 0 aliphatic rings. The Kier molecular flexibility index (Phi) is 11.2. The molecular formula is C15H24N3O9S3+. The summed E-state index contributed by atoms with van der Waals surface area (Å²) in [6.45, 7) is 2.29. The van der Waals surface area contributed by atoms with Gasteiger partial charge in [0.25, 0.3) is 5.69 Å². The third-order valence-corrected chi connectivity index (χ3v) is 7.62. The fraction of sp³-hybridized carbons (Fsp3) is 0.600. The van der Waals surface area contributed by atoms with Gasteiger partial charge in [-0.1, -0.05) is 13.3 Å². The monoisotopic (exact) mass is 486 g/mol. The molecule has 0 fully saturated rings. The SMILES string of the molecule is CCCC(C[S+](C)C)[S+](C)C.O=[N+]([O-])c1cc([N+](=O)[O-])c(S(=O)(=O)[O-])c([N+](=O)[O-])c1. The Morgan fingerprint density at radius 1 is 0.933 bits per heavy atom. The van der Waals surface area contributed by atoms with Gasteiger partial charge in [-0.25, -0.2) is 8.42 Å². The predicted molar refractivity (Wildman–Crippen MR) is 116 cm³/mol. The lowest BCUT2D eigenvalue weighted by molar-refractivity contribution is -0.407. The third kappa shape index (κ3) is 8.81. The minimum absolute atomic E-state index is 0.164. The highest BCUT2D eigenvalue weighted by atomic mass is 32.2. The second-order valence-corrected chi connectivity index (χ2v) is 12.5. The maximum absolute atomic E-state index is 10.8. The molecule has 0 saturated heterocycles. The lowest BCUT2D eigenvalue weighted by Crippen LogP contribution is -2.27. The van der Waals surface area contributed by atoms with Crippen molar-refractivity contribution in [3.63, 3.8) is 0 Å². The average Bonchev–Trinajstić information content (AvgIpc) is 2.59. The van der Waals surface area contributed by atoms with Gasteiger partial charge in [0, 0.05) is 0 Å². The summed E-state index contributed by atoms with van der Waals surface area (Å²) >= 11 is 0. The lowest BCUT2D eigenvalue weighted by Gasteiger charge is -2.09. The van der Waals surface area contributed by atoms with Crippen molar-refractivity contribution >= 4 is 49.0 Å². The Balaban J connectivity index is 0.000000654. The minimum Gasteiger partial charge on any atom is -0.744 e. The highest BCUT2D eigenvalue weighted by Crippen LogP contribution is 2.36. The first-order valence-electron chi connectivity index (χ1n) is 8.31. The topological polar surface area (TPSA) is 187 Å². The maximum atomic E-state index is 10.8. The fourth-order valence-corrected chi connectivity index (χ4v) is 6.67. The van der Waals surface area contributed by atoms with Crippen LogP contribution >= 0.6 is 0 Å². The Hall–Kier alpha value is -1.97. The summed E-state index contributed by atoms with van der Waals surface area (Å²) in [5.41, 5.74) is -4.11. The first-order chi connectivity index (χ1) is 13.6. The Bertz CT molecular complexity index is 854. The van der Waals surface area contributed by atoms with Crippen LogP contribution in [0.15, 0.2) is 17.0 Å². The highest BCUT2D eigenvalue weighted by molar-refractivity contribution is 7.99.